The van der Waals surface area contributed by atoms with Crippen LogP contribution >= 0.6 is 0 Å². The maximum absolute atomic E-state index is 10.6. The van der Waals surface area contributed by atoms with Gasteiger partial charge in [0.1, 0.15) is 0 Å². The van der Waals surface area contributed by atoms with Crippen LogP contribution in [0.4, 0.5) is 0 Å². The minimum Gasteiger partial charge on any atom is -0.481 e. The van der Waals surface area contributed by atoms with Gasteiger partial charge in [0.05, 0.1) is 12.5 Å². The Morgan fingerprint density at radius 1 is 1.67 bits per heavy atom. The summed E-state index contributed by atoms with van der Waals surface area (Å²) in [4.78, 5) is 22.4. The Balaban J connectivity index is 2.39. The molecule has 1 aliphatic heterocycles. The fourth-order valence-electron chi connectivity index (χ4n) is 1.49. The van der Waals surface area contributed by atoms with Gasteiger partial charge in [0.15, 0.2) is 0 Å². The summed E-state index contributed by atoms with van der Waals surface area (Å²) in [5.74, 6) is -1.06. The first-order valence-corrected chi connectivity index (χ1v) is 4.04. The molecular weight excluding hydrogens is 158 g/mol. The number of hydrogen-bond donors (Lipinski definition) is 1. The molecule has 1 rings (SSSR count). The van der Waals surface area contributed by atoms with E-state index in [4.69, 9.17) is 5.11 Å². The van der Waals surface area contributed by atoms with E-state index >= 15 is 0 Å². The van der Waals surface area contributed by atoms with Gasteiger partial charge in [-0.2, -0.15) is 0 Å². The topological polar surface area (TPSA) is 57.6 Å². The zero-order valence-corrected chi connectivity index (χ0v) is 6.82. The number of likely N-dealkylation sites (tertiary alicyclic amines) is 1. The second-order valence-corrected chi connectivity index (χ2v) is 3.06. The highest BCUT2D eigenvalue weighted by Gasteiger charge is 2.24. The number of aliphatic carboxylic acids is 1. The molecule has 0 bridgehead atoms. The molecular formula is C8H12NO3. The molecule has 0 aromatic heterocycles. The van der Waals surface area contributed by atoms with E-state index in [1.807, 2.05) is 4.90 Å². The quantitative estimate of drug-likeness (QED) is 0.642. The Hall–Kier alpha value is -0.900. The fourth-order valence-corrected chi connectivity index (χ4v) is 1.49. The van der Waals surface area contributed by atoms with Crippen molar-refractivity contribution in [3.63, 3.8) is 0 Å². The van der Waals surface area contributed by atoms with Crippen LogP contribution in [0.1, 0.15) is 12.8 Å². The number of carboxylic acids is 1. The molecule has 1 aliphatic rings. The van der Waals surface area contributed by atoms with Gasteiger partial charge in [0.25, 0.3) is 0 Å². The Kier molecular flexibility index (Phi) is 3.22. The number of nitrogens with zero attached hydrogens (tertiary/aromatic N) is 1. The van der Waals surface area contributed by atoms with Crippen LogP contribution in [0.3, 0.4) is 0 Å². The molecule has 4 heteroatoms. The van der Waals surface area contributed by atoms with Crippen molar-refractivity contribution >= 4 is 12.3 Å². The van der Waals surface area contributed by atoms with Crippen LogP contribution in [-0.4, -0.2) is 41.9 Å². The molecule has 4 nitrogen and oxygen atoms in total. The lowest BCUT2D eigenvalue weighted by molar-refractivity contribution is -0.143. The molecule has 0 saturated carbocycles. The molecule has 0 amide bonds. The van der Waals surface area contributed by atoms with Gasteiger partial charge in [-0.05, 0) is 19.4 Å². The molecule has 0 aromatic carbocycles. The Morgan fingerprint density at radius 2 is 2.42 bits per heavy atom. The number of carboxylic acid groups (broad SMARTS) is 1. The van der Waals surface area contributed by atoms with E-state index in [1.165, 1.54) is 0 Å². The van der Waals surface area contributed by atoms with E-state index in [2.05, 4.69) is 0 Å². The second kappa shape index (κ2) is 4.21. The number of carbonyl (C=O) groups is 1. The summed E-state index contributed by atoms with van der Waals surface area (Å²) in [6.07, 6.45) is 3.37. The van der Waals surface area contributed by atoms with Crippen LogP contribution in [0.25, 0.3) is 0 Å². The number of piperidine rings is 1. The average molecular weight is 170 g/mol. The Morgan fingerprint density at radius 3 is 3.00 bits per heavy atom. The summed E-state index contributed by atoms with van der Waals surface area (Å²) in [6, 6.07) is 0. The highest BCUT2D eigenvalue weighted by Crippen LogP contribution is 2.15. The van der Waals surface area contributed by atoms with Gasteiger partial charge in [-0.15, -0.1) is 0 Å². The summed E-state index contributed by atoms with van der Waals surface area (Å²) in [5, 5.41) is 8.70. The molecule has 12 heavy (non-hydrogen) atoms. The Labute approximate surface area is 71.2 Å². The van der Waals surface area contributed by atoms with E-state index in [0.717, 1.165) is 19.4 Å². The SMILES string of the molecule is O=[C]CN1CCC[C@H](C(=O)O)C1. The van der Waals surface area contributed by atoms with E-state index in [1.54, 1.807) is 6.29 Å². The summed E-state index contributed by atoms with van der Waals surface area (Å²) in [5.41, 5.74) is 0. The molecule has 1 N–H and O–H groups in total. The van der Waals surface area contributed by atoms with Crippen molar-refractivity contribution in [1.82, 2.24) is 4.90 Å². The van der Waals surface area contributed by atoms with Crippen LogP contribution in [0.15, 0.2) is 0 Å². The highest BCUT2D eigenvalue weighted by atomic mass is 16.4. The first kappa shape index (κ1) is 9.19. The van der Waals surface area contributed by atoms with Crippen molar-refractivity contribution in [2.75, 3.05) is 19.6 Å². The van der Waals surface area contributed by atoms with E-state index in [-0.39, 0.29) is 12.5 Å². The summed E-state index contributed by atoms with van der Waals surface area (Å²) >= 11 is 0. The molecule has 1 heterocycles. The van der Waals surface area contributed by atoms with Crippen LogP contribution in [0.5, 0.6) is 0 Å². The molecule has 0 unspecified atom stereocenters. The predicted molar refractivity (Wildman–Crippen MR) is 42.5 cm³/mol. The third-order valence-electron chi connectivity index (χ3n) is 2.14. The third kappa shape index (κ3) is 2.30. The van der Waals surface area contributed by atoms with Gasteiger partial charge < -0.3 is 5.11 Å². The maximum Gasteiger partial charge on any atom is 0.307 e. The van der Waals surface area contributed by atoms with Crippen LogP contribution in [-0.2, 0) is 9.59 Å². The summed E-state index contributed by atoms with van der Waals surface area (Å²) < 4.78 is 0. The van der Waals surface area contributed by atoms with E-state index in [9.17, 15) is 9.59 Å². The van der Waals surface area contributed by atoms with Gasteiger partial charge in [-0.3, -0.25) is 14.5 Å². The lowest BCUT2D eigenvalue weighted by atomic mass is 9.98. The normalized spacial score (nSPS) is 25.2. The lowest BCUT2D eigenvalue weighted by Crippen LogP contribution is -2.39. The number of carbonyl (C=O) groups excluding carboxylic acids is 1. The van der Waals surface area contributed by atoms with Gasteiger partial charge >= 0.3 is 5.97 Å². The molecule has 67 valence electrons. The van der Waals surface area contributed by atoms with Crippen molar-refractivity contribution in [3.8, 4) is 0 Å². The van der Waals surface area contributed by atoms with Crippen molar-refractivity contribution in [1.29, 1.82) is 0 Å². The standard InChI is InChI=1S/C8H12NO3/c10-5-4-9-3-1-2-7(6-9)8(11)12/h7H,1-4,6H2,(H,11,12)/t7-/m0/s1. The maximum atomic E-state index is 10.6. The first-order valence-electron chi connectivity index (χ1n) is 4.04. The fraction of sp³-hybridized carbons (Fsp3) is 0.750. The average Bonchev–Trinajstić information content (AvgIpc) is 2.05. The third-order valence-corrected chi connectivity index (χ3v) is 2.14. The summed E-state index contributed by atoms with van der Waals surface area (Å²) in [6.45, 7) is 1.55. The van der Waals surface area contributed by atoms with Crippen molar-refractivity contribution < 1.29 is 14.7 Å². The molecule has 1 atom stereocenters. The van der Waals surface area contributed by atoms with Crippen LogP contribution in [0, 0.1) is 5.92 Å². The molecule has 1 saturated heterocycles. The minimum absolute atomic E-state index is 0.240. The second-order valence-electron chi connectivity index (χ2n) is 3.06. The van der Waals surface area contributed by atoms with Gasteiger partial charge in [-0.25, -0.2) is 0 Å². The monoisotopic (exact) mass is 170 g/mol. The lowest BCUT2D eigenvalue weighted by Gasteiger charge is -2.28. The molecule has 0 aliphatic carbocycles. The number of rotatable bonds is 3. The van der Waals surface area contributed by atoms with E-state index in [0.29, 0.717) is 6.54 Å². The Bertz CT molecular complexity index is 181. The highest BCUT2D eigenvalue weighted by molar-refractivity contribution is 5.70. The molecule has 0 aromatic rings. The minimum atomic E-state index is -0.759. The van der Waals surface area contributed by atoms with Gasteiger partial charge in [-0.1, -0.05) is 0 Å². The van der Waals surface area contributed by atoms with Crippen molar-refractivity contribution in [2.24, 2.45) is 5.92 Å². The van der Waals surface area contributed by atoms with Crippen LogP contribution < -0.4 is 0 Å². The van der Waals surface area contributed by atoms with Crippen molar-refractivity contribution in [3.05, 3.63) is 0 Å². The molecule has 1 radical (unpaired) electrons. The molecule has 0 spiro atoms. The zero-order valence-electron chi connectivity index (χ0n) is 6.82. The van der Waals surface area contributed by atoms with Gasteiger partial charge in [0, 0.05) is 6.54 Å². The molecule has 1 fully saturated rings. The summed E-state index contributed by atoms with van der Waals surface area (Å²) in [7, 11) is 0. The van der Waals surface area contributed by atoms with Crippen molar-refractivity contribution in [2.45, 2.75) is 12.8 Å². The zero-order chi connectivity index (χ0) is 8.97. The van der Waals surface area contributed by atoms with Gasteiger partial charge in [0.2, 0.25) is 6.29 Å². The predicted octanol–water partition coefficient (Wildman–Crippen LogP) is -0.107. The largest absolute Gasteiger partial charge is 0.481 e. The number of hydrogen-bond acceptors (Lipinski definition) is 3. The van der Waals surface area contributed by atoms with E-state index < -0.39 is 5.97 Å². The van der Waals surface area contributed by atoms with Crippen LogP contribution in [0.2, 0.25) is 0 Å². The first-order chi connectivity index (χ1) is 5.74. The smallest absolute Gasteiger partial charge is 0.307 e.